The smallest absolute Gasteiger partial charge is 0.135 e. The Kier molecular flexibility index (Phi) is 4.43. The third-order valence-electron chi connectivity index (χ3n) is 9.21. The lowest BCUT2D eigenvalue weighted by Gasteiger charge is -2.57. The number of hydrogen-bond donors (Lipinski definition) is 1. The lowest BCUT2D eigenvalue weighted by molar-refractivity contribution is -0.129. The van der Waals surface area contributed by atoms with E-state index in [2.05, 4.69) is 38.9 Å². The number of hydrogen-bond acceptors (Lipinski definition) is 3. The number of allylic oxidation sites excluding steroid dienone is 1. The van der Waals surface area contributed by atoms with Crippen molar-refractivity contribution in [3.05, 3.63) is 11.6 Å². The molecule has 0 unspecified atom stereocenters. The molecule has 0 aliphatic heterocycles. The van der Waals surface area contributed by atoms with Gasteiger partial charge in [-0.2, -0.15) is 0 Å². The Morgan fingerprint density at radius 3 is 2.58 bits per heavy atom. The minimum absolute atomic E-state index is 0.133. The lowest BCUT2D eigenvalue weighted by Crippen LogP contribution is -2.51. The van der Waals surface area contributed by atoms with Crippen LogP contribution in [0.2, 0.25) is 0 Å². The normalized spacial score (nSPS) is 50.7. The highest BCUT2D eigenvalue weighted by molar-refractivity contribution is 5.80. The molecular formula is C23H37NO2. The van der Waals surface area contributed by atoms with Crippen molar-refractivity contribution in [2.24, 2.45) is 34.5 Å². The maximum Gasteiger partial charge on any atom is 0.135 e. The number of carbonyl (C=O) groups excluding carboxylic acids is 1. The molecule has 4 aliphatic carbocycles. The summed E-state index contributed by atoms with van der Waals surface area (Å²) in [7, 11) is 4.31. The van der Waals surface area contributed by atoms with Gasteiger partial charge in [-0.15, -0.1) is 0 Å². The summed E-state index contributed by atoms with van der Waals surface area (Å²) in [5.74, 6) is 2.69. The summed E-state index contributed by atoms with van der Waals surface area (Å²) in [6.07, 6.45) is 10.1. The fraction of sp³-hybridized carbons (Fsp3) is 0.870. The van der Waals surface area contributed by atoms with Gasteiger partial charge in [0.2, 0.25) is 0 Å². The molecule has 0 heterocycles. The largest absolute Gasteiger partial charge is 0.393 e. The van der Waals surface area contributed by atoms with Gasteiger partial charge in [-0.3, -0.25) is 4.79 Å². The Labute approximate surface area is 159 Å². The predicted octanol–water partition coefficient (Wildman–Crippen LogP) is 4.06. The number of nitrogens with zero attached hydrogens (tertiary/aromatic N) is 1. The summed E-state index contributed by atoms with van der Waals surface area (Å²) in [5, 5.41) is 10.2. The van der Waals surface area contributed by atoms with Gasteiger partial charge in [0.25, 0.3) is 0 Å². The second-order valence-electron chi connectivity index (χ2n) is 10.6. The van der Waals surface area contributed by atoms with Crippen molar-refractivity contribution in [3.63, 3.8) is 0 Å². The molecule has 3 heteroatoms. The van der Waals surface area contributed by atoms with Crippen molar-refractivity contribution in [2.75, 3.05) is 14.1 Å². The third kappa shape index (κ3) is 2.49. The van der Waals surface area contributed by atoms with Crippen LogP contribution in [-0.4, -0.2) is 42.0 Å². The van der Waals surface area contributed by atoms with Crippen molar-refractivity contribution in [2.45, 2.75) is 77.9 Å². The first kappa shape index (κ1) is 18.7. The zero-order chi connectivity index (χ0) is 18.9. The first-order valence-corrected chi connectivity index (χ1v) is 10.7. The molecule has 0 aromatic rings. The molecular weight excluding hydrogens is 322 g/mol. The van der Waals surface area contributed by atoms with Crippen LogP contribution in [0.5, 0.6) is 0 Å². The Morgan fingerprint density at radius 1 is 1.19 bits per heavy atom. The Hall–Kier alpha value is -0.670. The average molecular weight is 360 g/mol. The number of aliphatic hydroxyl groups excluding tert-OH is 1. The second-order valence-corrected chi connectivity index (χ2v) is 10.6. The molecule has 3 nitrogen and oxygen atoms in total. The van der Waals surface area contributed by atoms with Crippen molar-refractivity contribution >= 4 is 5.78 Å². The SMILES string of the molecule is CC(=O)[C@@H]1[C@H](N(C)C)C[C@H]2[C@@H]3CC=C4C[C@@H](O)CC[C@]4(C)[C@@H]3CC[C@]12C. The molecule has 146 valence electrons. The fourth-order valence-electron chi connectivity index (χ4n) is 7.90. The highest BCUT2D eigenvalue weighted by Crippen LogP contribution is 2.66. The van der Waals surface area contributed by atoms with E-state index in [1.165, 1.54) is 24.8 Å². The van der Waals surface area contributed by atoms with Crippen LogP contribution in [0.25, 0.3) is 0 Å². The van der Waals surface area contributed by atoms with E-state index < -0.39 is 0 Å². The van der Waals surface area contributed by atoms with E-state index in [1.54, 1.807) is 0 Å². The van der Waals surface area contributed by atoms with Crippen molar-refractivity contribution in [3.8, 4) is 0 Å². The van der Waals surface area contributed by atoms with Crippen LogP contribution in [0, 0.1) is 34.5 Å². The quantitative estimate of drug-likeness (QED) is 0.756. The van der Waals surface area contributed by atoms with Gasteiger partial charge in [0, 0.05) is 12.0 Å². The summed E-state index contributed by atoms with van der Waals surface area (Å²) in [4.78, 5) is 15.0. The molecule has 0 radical (unpaired) electrons. The lowest BCUT2D eigenvalue weighted by atomic mass is 9.47. The summed E-state index contributed by atoms with van der Waals surface area (Å²) in [6.45, 7) is 6.73. The number of carbonyl (C=O) groups is 1. The maximum atomic E-state index is 12.6. The van der Waals surface area contributed by atoms with Crippen LogP contribution in [0.1, 0.15) is 65.7 Å². The van der Waals surface area contributed by atoms with E-state index in [0.29, 0.717) is 23.7 Å². The average Bonchev–Trinajstić information content (AvgIpc) is 2.89. The summed E-state index contributed by atoms with van der Waals surface area (Å²) in [6, 6.07) is 0.396. The summed E-state index contributed by atoms with van der Waals surface area (Å²) in [5.41, 5.74) is 1.98. The molecule has 0 saturated heterocycles. The minimum Gasteiger partial charge on any atom is -0.393 e. The van der Waals surface area contributed by atoms with Gasteiger partial charge in [-0.1, -0.05) is 25.5 Å². The highest BCUT2D eigenvalue weighted by atomic mass is 16.3. The number of rotatable bonds is 2. The second kappa shape index (κ2) is 6.17. The molecule has 0 aromatic heterocycles. The highest BCUT2D eigenvalue weighted by Gasteiger charge is 2.62. The Morgan fingerprint density at radius 2 is 1.92 bits per heavy atom. The fourth-order valence-corrected chi connectivity index (χ4v) is 7.90. The molecule has 0 aromatic carbocycles. The van der Waals surface area contributed by atoms with Gasteiger partial charge in [-0.05, 0) is 94.5 Å². The third-order valence-corrected chi connectivity index (χ3v) is 9.21. The number of fused-ring (bicyclic) bond motifs is 5. The Balaban J connectivity index is 1.69. The minimum atomic E-state index is -0.133. The van der Waals surface area contributed by atoms with E-state index in [1.807, 2.05) is 6.92 Å². The molecule has 4 aliphatic rings. The van der Waals surface area contributed by atoms with E-state index >= 15 is 0 Å². The van der Waals surface area contributed by atoms with Crippen LogP contribution in [0.4, 0.5) is 0 Å². The van der Waals surface area contributed by atoms with Crippen LogP contribution in [0.3, 0.4) is 0 Å². The first-order chi connectivity index (χ1) is 12.2. The number of ketones is 1. The van der Waals surface area contributed by atoms with Crippen molar-refractivity contribution in [1.29, 1.82) is 0 Å². The molecule has 1 N–H and O–H groups in total. The number of Topliss-reactive ketones (excluding diaryl/α,β-unsaturated/α-hetero) is 1. The number of aliphatic hydroxyl groups is 1. The van der Waals surface area contributed by atoms with Crippen molar-refractivity contribution < 1.29 is 9.90 Å². The van der Waals surface area contributed by atoms with E-state index in [0.717, 1.165) is 31.6 Å². The van der Waals surface area contributed by atoms with Gasteiger partial charge in [0.05, 0.1) is 6.10 Å². The van der Waals surface area contributed by atoms with Crippen LogP contribution in [-0.2, 0) is 4.79 Å². The molecule has 4 rings (SSSR count). The van der Waals surface area contributed by atoms with Crippen LogP contribution < -0.4 is 0 Å². The standard InChI is InChI=1S/C23H37NO2/c1-14(25)21-20(24(4)5)13-19-17-7-6-15-12-16(26)8-10-22(15,2)18(17)9-11-23(19,21)3/h6,16-21,26H,7-13H2,1-5H3/t16-,17+,18+,19-,20+,21+,22-,23-/m0/s1. The molecule has 0 bridgehead atoms. The van der Waals surface area contributed by atoms with Crippen LogP contribution >= 0.6 is 0 Å². The molecule has 3 fully saturated rings. The van der Waals surface area contributed by atoms with E-state index in [9.17, 15) is 9.90 Å². The molecule has 0 spiro atoms. The van der Waals surface area contributed by atoms with Crippen molar-refractivity contribution in [1.82, 2.24) is 4.90 Å². The first-order valence-electron chi connectivity index (χ1n) is 10.7. The molecule has 26 heavy (non-hydrogen) atoms. The van der Waals surface area contributed by atoms with Gasteiger partial charge >= 0.3 is 0 Å². The monoisotopic (exact) mass is 359 g/mol. The summed E-state index contributed by atoms with van der Waals surface area (Å²) >= 11 is 0. The topological polar surface area (TPSA) is 40.5 Å². The zero-order valence-electron chi connectivity index (χ0n) is 17.3. The maximum absolute atomic E-state index is 12.6. The van der Waals surface area contributed by atoms with Gasteiger partial charge in [-0.25, -0.2) is 0 Å². The molecule has 3 saturated carbocycles. The van der Waals surface area contributed by atoms with Gasteiger partial charge in [0.15, 0.2) is 0 Å². The van der Waals surface area contributed by atoms with Gasteiger partial charge in [0.1, 0.15) is 5.78 Å². The van der Waals surface area contributed by atoms with Gasteiger partial charge < -0.3 is 10.0 Å². The molecule has 8 atom stereocenters. The molecule has 0 amide bonds. The Bertz CT molecular complexity index is 626. The van der Waals surface area contributed by atoms with E-state index in [4.69, 9.17) is 0 Å². The zero-order valence-corrected chi connectivity index (χ0v) is 17.3. The predicted molar refractivity (Wildman–Crippen MR) is 105 cm³/mol. The van der Waals surface area contributed by atoms with Crippen LogP contribution in [0.15, 0.2) is 11.6 Å². The summed E-state index contributed by atoms with van der Waals surface area (Å²) < 4.78 is 0. The van der Waals surface area contributed by atoms with E-state index in [-0.39, 0.29) is 22.9 Å².